The van der Waals surface area contributed by atoms with E-state index in [4.69, 9.17) is 0 Å². The first-order chi connectivity index (χ1) is 7.18. The van der Waals surface area contributed by atoms with Gasteiger partial charge in [0.2, 0.25) is 0 Å². The molecule has 88 valence electrons. The van der Waals surface area contributed by atoms with Crippen molar-refractivity contribution in [1.82, 2.24) is 4.90 Å². The van der Waals surface area contributed by atoms with Crippen LogP contribution >= 0.6 is 0 Å². The van der Waals surface area contributed by atoms with Crippen molar-refractivity contribution in [2.24, 2.45) is 5.92 Å². The van der Waals surface area contributed by atoms with Gasteiger partial charge in [0.05, 0.1) is 5.60 Å². The maximum Gasteiger partial charge on any atom is 0.0648 e. The molecule has 2 fully saturated rings. The van der Waals surface area contributed by atoms with Crippen LogP contribution in [0.4, 0.5) is 0 Å². The number of rotatable bonds is 3. The van der Waals surface area contributed by atoms with E-state index in [0.717, 1.165) is 25.2 Å². The van der Waals surface area contributed by atoms with E-state index in [1.54, 1.807) is 0 Å². The maximum absolute atomic E-state index is 10.4. The summed E-state index contributed by atoms with van der Waals surface area (Å²) in [7, 11) is 2.20. The quantitative estimate of drug-likeness (QED) is 0.775. The van der Waals surface area contributed by atoms with Crippen molar-refractivity contribution in [3.05, 3.63) is 0 Å². The highest BCUT2D eigenvalue weighted by atomic mass is 16.3. The van der Waals surface area contributed by atoms with Crippen molar-refractivity contribution in [1.29, 1.82) is 0 Å². The fourth-order valence-corrected chi connectivity index (χ4v) is 3.19. The number of likely N-dealkylation sites (tertiary alicyclic amines) is 1. The molecule has 2 nitrogen and oxygen atoms in total. The number of hydrogen-bond donors (Lipinski definition) is 1. The summed E-state index contributed by atoms with van der Waals surface area (Å²) in [5.74, 6) is 0.848. The van der Waals surface area contributed by atoms with E-state index in [1.165, 1.54) is 45.2 Å². The topological polar surface area (TPSA) is 23.5 Å². The monoisotopic (exact) mass is 211 g/mol. The molecule has 0 amide bonds. The fourth-order valence-electron chi connectivity index (χ4n) is 3.19. The molecule has 0 bridgehead atoms. The zero-order chi connectivity index (χ0) is 10.7. The van der Waals surface area contributed by atoms with Crippen molar-refractivity contribution >= 4 is 0 Å². The minimum Gasteiger partial charge on any atom is -0.390 e. The first-order valence-corrected chi connectivity index (χ1v) is 6.59. The van der Waals surface area contributed by atoms with Gasteiger partial charge in [-0.05, 0) is 51.6 Å². The van der Waals surface area contributed by atoms with Gasteiger partial charge in [0.15, 0.2) is 0 Å². The number of aliphatic hydroxyl groups is 1. The lowest BCUT2D eigenvalue weighted by molar-refractivity contribution is -0.00859. The number of nitrogens with zero attached hydrogens (tertiary/aromatic N) is 1. The molecular weight excluding hydrogens is 186 g/mol. The minimum atomic E-state index is -0.292. The molecule has 1 saturated heterocycles. The Morgan fingerprint density at radius 2 is 2.00 bits per heavy atom. The molecule has 0 aromatic rings. The second-order valence-corrected chi connectivity index (χ2v) is 5.74. The lowest BCUT2D eigenvalue weighted by Gasteiger charge is -2.32. The molecule has 2 heteroatoms. The summed E-state index contributed by atoms with van der Waals surface area (Å²) < 4.78 is 0. The Morgan fingerprint density at radius 1 is 1.27 bits per heavy atom. The van der Waals surface area contributed by atoms with Gasteiger partial charge in [0.1, 0.15) is 0 Å². The van der Waals surface area contributed by atoms with E-state index >= 15 is 0 Å². The Labute approximate surface area is 93.7 Å². The van der Waals surface area contributed by atoms with Crippen LogP contribution < -0.4 is 0 Å². The lowest BCUT2D eigenvalue weighted by Crippen LogP contribution is -2.32. The van der Waals surface area contributed by atoms with Crippen molar-refractivity contribution in [2.45, 2.75) is 57.0 Å². The summed E-state index contributed by atoms with van der Waals surface area (Å²) in [6, 6.07) is 0. The van der Waals surface area contributed by atoms with Crippen LogP contribution in [-0.2, 0) is 0 Å². The molecule has 1 heterocycles. The first-order valence-electron chi connectivity index (χ1n) is 6.59. The van der Waals surface area contributed by atoms with Crippen molar-refractivity contribution in [3.8, 4) is 0 Å². The smallest absolute Gasteiger partial charge is 0.0648 e. The largest absolute Gasteiger partial charge is 0.390 e. The Balaban J connectivity index is 1.72. The third-order valence-electron chi connectivity index (χ3n) is 4.29. The first kappa shape index (κ1) is 11.4. The van der Waals surface area contributed by atoms with E-state index in [2.05, 4.69) is 11.9 Å². The fraction of sp³-hybridized carbons (Fsp3) is 1.00. The second-order valence-electron chi connectivity index (χ2n) is 5.74. The second kappa shape index (κ2) is 4.84. The SMILES string of the molecule is CN1CCC(CCC2(O)CCCCC2)C1. The molecule has 1 aliphatic carbocycles. The molecule has 1 atom stereocenters. The summed E-state index contributed by atoms with van der Waals surface area (Å²) in [6.07, 6.45) is 9.53. The highest BCUT2D eigenvalue weighted by Crippen LogP contribution is 2.34. The van der Waals surface area contributed by atoms with Gasteiger partial charge in [-0.15, -0.1) is 0 Å². The standard InChI is InChI=1S/C13H25NO/c1-14-10-6-12(11-14)5-9-13(15)7-3-2-4-8-13/h12,15H,2-11H2,1H3. The van der Waals surface area contributed by atoms with Crippen LogP contribution in [0.3, 0.4) is 0 Å². The molecule has 1 saturated carbocycles. The van der Waals surface area contributed by atoms with Gasteiger partial charge in [0.25, 0.3) is 0 Å². The average molecular weight is 211 g/mol. The Bertz CT molecular complexity index is 199. The van der Waals surface area contributed by atoms with Gasteiger partial charge in [0, 0.05) is 6.54 Å². The van der Waals surface area contributed by atoms with E-state index in [0.29, 0.717) is 0 Å². The van der Waals surface area contributed by atoms with Gasteiger partial charge in [-0.1, -0.05) is 19.3 Å². The molecule has 0 aromatic heterocycles. The Morgan fingerprint density at radius 3 is 2.60 bits per heavy atom. The summed E-state index contributed by atoms with van der Waals surface area (Å²) in [4.78, 5) is 2.41. The average Bonchev–Trinajstić information content (AvgIpc) is 2.63. The van der Waals surface area contributed by atoms with Crippen molar-refractivity contribution in [3.63, 3.8) is 0 Å². The summed E-state index contributed by atoms with van der Waals surface area (Å²) in [5, 5.41) is 10.4. The molecule has 2 aliphatic rings. The molecule has 15 heavy (non-hydrogen) atoms. The van der Waals surface area contributed by atoms with E-state index in [9.17, 15) is 5.11 Å². The van der Waals surface area contributed by atoms with Crippen LogP contribution in [0.5, 0.6) is 0 Å². The van der Waals surface area contributed by atoms with Gasteiger partial charge in [-0.25, -0.2) is 0 Å². The summed E-state index contributed by atoms with van der Waals surface area (Å²) in [5.41, 5.74) is -0.292. The molecule has 0 radical (unpaired) electrons. The Hall–Kier alpha value is -0.0800. The van der Waals surface area contributed by atoms with Crippen LogP contribution in [-0.4, -0.2) is 35.7 Å². The molecule has 2 rings (SSSR count). The van der Waals surface area contributed by atoms with Gasteiger partial charge >= 0.3 is 0 Å². The van der Waals surface area contributed by atoms with Crippen molar-refractivity contribution < 1.29 is 5.11 Å². The van der Waals surface area contributed by atoms with E-state index < -0.39 is 0 Å². The molecule has 0 aromatic carbocycles. The third-order valence-corrected chi connectivity index (χ3v) is 4.29. The highest BCUT2D eigenvalue weighted by molar-refractivity contribution is 4.84. The normalized spacial score (nSPS) is 32.0. The van der Waals surface area contributed by atoms with Crippen LogP contribution in [0.2, 0.25) is 0 Å². The Kier molecular flexibility index (Phi) is 3.68. The van der Waals surface area contributed by atoms with Crippen LogP contribution in [0.15, 0.2) is 0 Å². The van der Waals surface area contributed by atoms with Gasteiger partial charge < -0.3 is 10.0 Å². The van der Waals surface area contributed by atoms with E-state index in [1.807, 2.05) is 0 Å². The van der Waals surface area contributed by atoms with Crippen LogP contribution in [0, 0.1) is 5.92 Å². The third kappa shape index (κ3) is 3.18. The predicted molar refractivity (Wildman–Crippen MR) is 62.9 cm³/mol. The van der Waals surface area contributed by atoms with Crippen molar-refractivity contribution in [2.75, 3.05) is 20.1 Å². The lowest BCUT2D eigenvalue weighted by atomic mass is 9.80. The maximum atomic E-state index is 10.4. The van der Waals surface area contributed by atoms with Gasteiger partial charge in [-0.3, -0.25) is 0 Å². The zero-order valence-corrected chi connectivity index (χ0v) is 10.0. The van der Waals surface area contributed by atoms with Crippen LogP contribution in [0.1, 0.15) is 51.4 Å². The van der Waals surface area contributed by atoms with Crippen LogP contribution in [0.25, 0.3) is 0 Å². The molecular formula is C13H25NO. The summed E-state index contributed by atoms with van der Waals surface area (Å²) >= 11 is 0. The molecule has 1 N–H and O–H groups in total. The molecule has 1 aliphatic heterocycles. The van der Waals surface area contributed by atoms with Gasteiger partial charge in [-0.2, -0.15) is 0 Å². The predicted octanol–water partition coefficient (Wildman–Crippen LogP) is 2.41. The zero-order valence-electron chi connectivity index (χ0n) is 10.0. The minimum absolute atomic E-state index is 0.292. The number of hydrogen-bond acceptors (Lipinski definition) is 2. The molecule has 0 spiro atoms. The highest BCUT2D eigenvalue weighted by Gasteiger charge is 2.30. The molecule has 1 unspecified atom stereocenters. The van der Waals surface area contributed by atoms with E-state index in [-0.39, 0.29) is 5.60 Å². The summed E-state index contributed by atoms with van der Waals surface area (Å²) in [6.45, 7) is 2.50.